The molecule has 1 aliphatic rings. The summed E-state index contributed by atoms with van der Waals surface area (Å²) >= 11 is 1.59. The minimum Gasteiger partial charge on any atom is -0.325 e. The number of aryl methyl sites for hydroxylation is 1. The van der Waals surface area contributed by atoms with Crippen molar-refractivity contribution in [3.8, 4) is 10.6 Å². The van der Waals surface area contributed by atoms with E-state index in [2.05, 4.69) is 59.5 Å². The molecule has 1 amide bonds. The van der Waals surface area contributed by atoms with Crippen LogP contribution in [0.15, 0.2) is 53.9 Å². The summed E-state index contributed by atoms with van der Waals surface area (Å²) in [7, 11) is 2.20. The van der Waals surface area contributed by atoms with Gasteiger partial charge in [0.05, 0.1) is 12.1 Å². The smallest absolute Gasteiger partial charge is 0.230 e. The highest BCUT2D eigenvalue weighted by atomic mass is 32.1. The molecule has 31 heavy (non-hydrogen) atoms. The molecule has 1 fully saturated rings. The van der Waals surface area contributed by atoms with Crippen molar-refractivity contribution in [1.29, 1.82) is 0 Å². The molecule has 0 bridgehead atoms. The highest BCUT2D eigenvalue weighted by Gasteiger charge is 2.19. The van der Waals surface area contributed by atoms with Gasteiger partial charge in [-0.15, -0.1) is 11.3 Å². The van der Waals surface area contributed by atoms with Gasteiger partial charge in [0, 0.05) is 29.2 Å². The van der Waals surface area contributed by atoms with Crippen LogP contribution in [0.1, 0.15) is 48.9 Å². The molecule has 0 spiro atoms. The van der Waals surface area contributed by atoms with Crippen molar-refractivity contribution in [2.45, 2.75) is 58.0 Å². The van der Waals surface area contributed by atoms with Crippen molar-refractivity contribution in [2.75, 3.05) is 12.4 Å². The predicted molar refractivity (Wildman–Crippen MR) is 129 cm³/mol. The van der Waals surface area contributed by atoms with Crippen LogP contribution in [0.5, 0.6) is 0 Å². The summed E-state index contributed by atoms with van der Waals surface area (Å²) in [5.74, 6) is -0.0199. The van der Waals surface area contributed by atoms with Crippen LogP contribution in [0, 0.1) is 6.92 Å². The fourth-order valence-electron chi connectivity index (χ4n) is 4.28. The standard InChI is InChI=1S/C26H31N3OS/c1-19-12-14-20(15-13-19)26-27-22(18-31-26)16-25(30)28-24-11-7-6-8-21(24)17-29(2)23-9-4-3-5-10-23/h6-8,11-15,18,23H,3-5,9-10,16-17H2,1-2H3,(H,28,30). The molecule has 1 aromatic heterocycles. The Balaban J connectivity index is 1.38. The van der Waals surface area contributed by atoms with Gasteiger partial charge >= 0.3 is 0 Å². The van der Waals surface area contributed by atoms with E-state index in [1.807, 2.05) is 23.6 Å². The number of nitrogens with one attached hydrogen (secondary N) is 1. The summed E-state index contributed by atoms with van der Waals surface area (Å²) in [5, 5.41) is 6.06. The molecule has 4 rings (SSSR count). The fourth-order valence-corrected chi connectivity index (χ4v) is 5.10. The van der Waals surface area contributed by atoms with Gasteiger partial charge in [-0.05, 0) is 38.4 Å². The SMILES string of the molecule is Cc1ccc(-c2nc(CC(=O)Nc3ccccc3CN(C)C3CCCCC3)cs2)cc1. The summed E-state index contributed by atoms with van der Waals surface area (Å²) in [4.78, 5) is 19.9. The molecule has 4 nitrogen and oxygen atoms in total. The second-order valence-electron chi connectivity index (χ2n) is 8.60. The van der Waals surface area contributed by atoms with Gasteiger partial charge in [-0.2, -0.15) is 0 Å². The maximum atomic E-state index is 12.8. The third-order valence-corrected chi connectivity index (χ3v) is 7.04. The number of carbonyl (C=O) groups excluding carboxylic acids is 1. The summed E-state index contributed by atoms with van der Waals surface area (Å²) < 4.78 is 0. The Labute approximate surface area is 189 Å². The maximum absolute atomic E-state index is 12.8. The van der Waals surface area contributed by atoms with Crippen LogP contribution in [-0.2, 0) is 17.8 Å². The molecule has 0 unspecified atom stereocenters. The Hall–Kier alpha value is -2.50. The third kappa shape index (κ3) is 5.81. The van der Waals surface area contributed by atoms with Crippen LogP contribution in [0.2, 0.25) is 0 Å². The first-order valence-corrected chi connectivity index (χ1v) is 12.1. The van der Waals surface area contributed by atoms with Crippen LogP contribution < -0.4 is 5.32 Å². The van der Waals surface area contributed by atoms with Crippen molar-refractivity contribution in [3.05, 3.63) is 70.7 Å². The zero-order chi connectivity index (χ0) is 21.6. The summed E-state index contributed by atoms with van der Waals surface area (Å²) in [5.41, 5.74) is 5.22. The zero-order valence-electron chi connectivity index (χ0n) is 18.4. The maximum Gasteiger partial charge on any atom is 0.230 e. The largest absolute Gasteiger partial charge is 0.325 e. The molecule has 2 aromatic carbocycles. The number of rotatable bonds is 7. The Bertz CT molecular complexity index is 1010. The minimum absolute atomic E-state index is 0.0199. The third-order valence-electron chi connectivity index (χ3n) is 6.10. The van der Waals surface area contributed by atoms with Crippen LogP contribution in [0.3, 0.4) is 0 Å². The van der Waals surface area contributed by atoms with Gasteiger partial charge in [-0.1, -0.05) is 67.3 Å². The van der Waals surface area contributed by atoms with E-state index in [0.29, 0.717) is 6.04 Å². The molecule has 1 saturated carbocycles. The topological polar surface area (TPSA) is 45.2 Å². The predicted octanol–water partition coefficient (Wildman–Crippen LogP) is 6.06. The first kappa shape index (κ1) is 21.7. The molecule has 5 heteroatoms. The van der Waals surface area contributed by atoms with Gasteiger partial charge in [0.25, 0.3) is 0 Å². The molecule has 0 saturated heterocycles. The normalized spacial score (nSPS) is 14.7. The lowest BCUT2D eigenvalue weighted by Crippen LogP contribution is -2.33. The van der Waals surface area contributed by atoms with Crippen molar-refractivity contribution in [2.24, 2.45) is 0 Å². The fraction of sp³-hybridized carbons (Fsp3) is 0.385. The average Bonchev–Trinajstić information content (AvgIpc) is 3.24. The number of anilines is 1. The quantitative estimate of drug-likeness (QED) is 0.492. The highest BCUT2D eigenvalue weighted by molar-refractivity contribution is 7.13. The van der Waals surface area contributed by atoms with E-state index in [4.69, 9.17) is 0 Å². The van der Waals surface area contributed by atoms with Crippen molar-refractivity contribution < 1.29 is 4.79 Å². The van der Waals surface area contributed by atoms with E-state index in [9.17, 15) is 4.79 Å². The molecule has 1 aliphatic carbocycles. The molecular weight excluding hydrogens is 402 g/mol. The number of thiazole rings is 1. The molecule has 1 heterocycles. The molecule has 0 aliphatic heterocycles. The molecule has 162 valence electrons. The Morgan fingerprint density at radius 1 is 1.10 bits per heavy atom. The lowest BCUT2D eigenvalue weighted by molar-refractivity contribution is -0.115. The second kappa shape index (κ2) is 10.2. The van der Waals surface area contributed by atoms with Crippen LogP contribution in [0.25, 0.3) is 10.6 Å². The Morgan fingerprint density at radius 3 is 2.61 bits per heavy atom. The van der Waals surface area contributed by atoms with Gasteiger partial charge in [0.1, 0.15) is 5.01 Å². The van der Waals surface area contributed by atoms with Gasteiger partial charge in [0.2, 0.25) is 5.91 Å². The number of nitrogens with zero attached hydrogens (tertiary/aromatic N) is 2. The number of hydrogen-bond donors (Lipinski definition) is 1. The van der Waals surface area contributed by atoms with Crippen LogP contribution in [-0.4, -0.2) is 28.9 Å². The molecule has 0 radical (unpaired) electrons. The lowest BCUT2D eigenvalue weighted by Gasteiger charge is -2.31. The van der Waals surface area contributed by atoms with Crippen LogP contribution in [0.4, 0.5) is 5.69 Å². The average molecular weight is 434 g/mol. The lowest BCUT2D eigenvalue weighted by atomic mass is 9.94. The number of hydrogen-bond acceptors (Lipinski definition) is 4. The summed E-state index contributed by atoms with van der Waals surface area (Å²) in [6.07, 6.45) is 6.85. The van der Waals surface area contributed by atoms with Crippen LogP contribution >= 0.6 is 11.3 Å². The van der Waals surface area contributed by atoms with Gasteiger partial charge < -0.3 is 5.32 Å². The van der Waals surface area contributed by atoms with E-state index in [1.165, 1.54) is 43.2 Å². The monoisotopic (exact) mass is 433 g/mol. The van der Waals surface area contributed by atoms with E-state index in [-0.39, 0.29) is 12.3 Å². The first-order valence-electron chi connectivity index (χ1n) is 11.2. The van der Waals surface area contributed by atoms with Gasteiger partial charge in [-0.25, -0.2) is 4.98 Å². The van der Waals surface area contributed by atoms with E-state index in [1.54, 1.807) is 11.3 Å². The molecule has 1 N–H and O–H groups in total. The Morgan fingerprint density at radius 2 is 1.84 bits per heavy atom. The second-order valence-corrected chi connectivity index (χ2v) is 9.46. The molecule has 0 atom stereocenters. The van der Waals surface area contributed by atoms with Gasteiger partial charge in [0.15, 0.2) is 0 Å². The summed E-state index contributed by atoms with van der Waals surface area (Å²) in [6, 6.07) is 17.1. The van der Waals surface area contributed by atoms with Crippen molar-refractivity contribution in [1.82, 2.24) is 9.88 Å². The van der Waals surface area contributed by atoms with E-state index in [0.717, 1.165) is 28.5 Å². The van der Waals surface area contributed by atoms with Crippen molar-refractivity contribution >= 4 is 22.9 Å². The van der Waals surface area contributed by atoms with E-state index < -0.39 is 0 Å². The minimum atomic E-state index is -0.0199. The number of amides is 1. The van der Waals surface area contributed by atoms with Gasteiger partial charge in [-0.3, -0.25) is 9.69 Å². The molecular formula is C26H31N3OS. The number of para-hydroxylation sites is 1. The number of aromatic nitrogens is 1. The summed E-state index contributed by atoms with van der Waals surface area (Å²) in [6.45, 7) is 2.93. The molecule has 3 aromatic rings. The van der Waals surface area contributed by atoms with E-state index >= 15 is 0 Å². The Kier molecular flexibility index (Phi) is 7.15. The first-order chi connectivity index (χ1) is 15.1. The zero-order valence-corrected chi connectivity index (χ0v) is 19.3. The number of carbonyl (C=O) groups is 1. The highest BCUT2D eigenvalue weighted by Crippen LogP contribution is 2.26. The van der Waals surface area contributed by atoms with Crippen molar-refractivity contribution in [3.63, 3.8) is 0 Å². The number of benzene rings is 2.